The van der Waals surface area contributed by atoms with Crippen LogP contribution in [-0.4, -0.2) is 13.2 Å². The quantitative estimate of drug-likeness (QED) is 0.236. The lowest BCUT2D eigenvalue weighted by atomic mass is 10.1. The van der Waals surface area contributed by atoms with Gasteiger partial charge in [0, 0.05) is 0 Å². The van der Waals surface area contributed by atoms with Crippen LogP contribution in [0.1, 0.15) is 78.1 Å². The zero-order chi connectivity index (χ0) is 14.4. The maximum absolute atomic E-state index is 5.61. The van der Waals surface area contributed by atoms with Crippen LogP contribution in [0.4, 0.5) is 0 Å². The number of hydrogen-bond donors (Lipinski definition) is 1. The summed E-state index contributed by atoms with van der Waals surface area (Å²) in [6, 6.07) is 0. The Bertz CT molecular complexity index is 237. The summed E-state index contributed by atoms with van der Waals surface area (Å²) >= 11 is 9.62. The fraction of sp³-hybridized carbons (Fsp3) is 1.00. The van der Waals surface area contributed by atoms with E-state index >= 15 is 0 Å². The number of hydrogen-bond acceptors (Lipinski definition) is 3. The summed E-state index contributed by atoms with van der Waals surface area (Å²) in [5.41, 5.74) is -2.27. The molecule has 5 heteroatoms. The first kappa shape index (κ1) is 19.9. The first-order chi connectivity index (χ1) is 9.12. The van der Waals surface area contributed by atoms with Crippen LogP contribution in [0.2, 0.25) is 0 Å². The Morgan fingerprint density at radius 1 is 0.737 bits per heavy atom. The van der Waals surface area contributed by atoms with Gasteiger partial charge in [-0.05, 0) is 24.6 Å². The molecule has 0 saturated heterocycles. The maximum Gasteiger partial charge on any atom is 0.244 e. The summed E-state index contributed by atoms with van der Waals surface area (Å²) in [5.74, 6) is 0. The highest BCUT2D eigenvalue weighted by Crippen LogP contribution is 2.53. The van der Waals surface area contributed by atoms with E-state index in [-0.39, 0.29) is 0 Å². The van der Waals surface area contributed by atoms with Crippen molar-refractivity contribution in [3.63, 3.8) is 0 Å². The topological polar surface area (TPSA) is 18.5 Å². The average molecular weight is 327 g/mol. The molecule has 0 radical (unpaired) electrons. The van der Waals surface area contributed by atoms with Gasteiger partial charge in [0.25, 0.3) is 0 Å². The van der Waals surface area contributed by atoms with Gasteiger partial charge in [0.15, 0.2) is 0 Å². The van der Waals surface area contributed by atoms with Crippen LogP contribution in [0.5, 0.6) is 0 Å². The fourth-order valence-corrected chi connectivity index (χ4v) is 3.54. The lowest BCUT2D eigenvalue weighted by Gasteiger charge is -2.16. The number of unbranched alkanes of at least 4 members (excludes halogenated alkanes) is 8. The molecular weight excluding hydrogens is 295 g/mol. The summed E-state index contributed by atoms with van der Waals surface area (Å²) in [4.78, 5) is 0. The zero-order valence-electron chi connectivity index (χ0n) is 12.6. The molecule has 0 fully saturated rings. The Morgan fingerprint density at radius 2 is 1.11 bits per heavy atom. The molecule has 0 amide bonds. The molecule has 0 aliphatic carbocycles. The monoisotopic (exact) mass is 326 g/mol. The van der Waals surface area contributed by atoms with Crippen molar-refractivity contribution in [3.05, 3.63) is 0 Å². The van der Waals surface area contributed by atoms with Gasteiger partial charge in [-0.25, -0.2) is 0 Å². The first-order valence-electron chi connectivity index (χ1n) is 7.74. The summed E-state index contributed by atoms with van der Waals surface area (Å²) in [5, 5.41) is 0. The van der Waals surface area contributed by atoms with Gasteiger partial charge in [-0.3, -0.25) is 0 Å². The largest absolute Gasteiger partial charge is 0.322 e. The molecule has 0 saturated carbocycles. The summed E-state index contributed by atoms with van der Waals surface area (Å²) in [7, 11) is 0. The van der Waals surface area contributed by atoms with Crippen molar-refractivity contribution in [2.24, 2.45) is 0 Å². The Labute approximate surface area is 130 Å². The summed E-state index contributed by atoms with van der Waals surface area (Å²) in [6.07, 6.45) is 12.3. The third-order valence-electron chi connectivity index (χ3n) is 3.00. The minimum atomic E-state index is -2.27. The van der Waals surface area contributed by atoms with Gasteiger partial charge < -0.3 is 9.05 Å². The predicted molar refractivity (Wildman–Crippen MR) is 92.7 cm³/mol. The number of thiol groups is 1. The molecule has 0 N–H and O–H groups in total. The van der Waals surface area contributed by atoms with E-state index in [0.29, 0.717) is 13.2 Å². The van der Waals surface area contributed by atoms with Gasteiger partial charge in [-0.1, -0.05) is 77.5 Å². The highest BCUT2D eigenvalue weighted by molar-refractivity contribution is 8.60. The van der Waals surface area contributed by atoms with Crippen LogP contribution in [0.25, 0.3) is 0 Å². The van der Waals surface area contributed by atoms with Crippen molar-refractivity contribution < 1.29 is 9.05 Å². The van der Waals surface area contributed by atoms with E-state index in [9.17, 15) is 0 Å². The number of rotatable bonds is 14. The molecule has 0 aliphatic heterocycles. The molecule has 0 aromatic carbocycles. The molecule has 0 heterocycles. The second kappa shape index (κ2) is 13.9. The van der Waals surface area contributed by atoms with Crippen molar-refractivity contribution in [1.82, 2.24) is 0 Å². The van der Waals surface area contributed by atoms with Crippen molar-refractivity contribution in [2.75, 3.05) is 13.2 Å². The Hall–Kier alpha value is 0.920. The average Bonchev–Trinajstić information content (AvgIpc) is 2.37. The van der Waals surface area contributed by atoms with Crippen LogP contribution < -0.4 is 0 Å². The lowest BCUT2D eigenvalue weighted by Crippen LogP contribution is -1.95. The molecular formula is C14H31O2PS2. The molecule has 0 aromatic heterocycles. The van der Waals surface area contributed by atoms with Crippen LogP contribution in [0, 0.1) is 0 Å². The van der Waals surface area contributed by atoms with E-state index < -0.39 is 5.69 Å². The van der Waals surface area contributed by atoms with Crippen molar-refractivity contribution >= 4 is 29.7 Å². The molecule has 0 bridgehead atoms. The molecule has 1 unspecified atom stereocenters. The minimum Gasteiger partial charge on any atom is -0.322 e. The van der Waals surface area contributed by atoms with E-state index in [1.165, 1.54) is 51.4 Å². The molecule has 19 heavy (non-hydrogen) atoms. The Kier molecular flexibility index (Phi) is 14.6. The second-order valence-corrected chi connectivity index (χ2v) is 10.3. The molecule has 1 atom stereocenters. The SMILES string of the molecule is CCCCCCCCOP(=S)(S)OCCCCCC. The third kappa shape index (κ3) is 15.1. The van der Waals surface area contributed by atoms with Gasteiger partial charge >= 0.3 is 0 Å². The Balaban J connectivity index is 3.38. The smallest absolute Gasteiger partial charge is 0.244 e. The van der Waals surface area contributed by atoms with Crippen LogP contribution in [0.3, 0.4) is 0 Å². The van der Waals surface area contributed by atoms with Crippen molar-refractivity contribution in [2.45, 2.75) is 78.1 Å². The van der Waals surface area contributed by atoms with Crippen molar-refractivity contribution in [3.8, 4) is 0 Å². The van der Waals surface area contributed by atoms with Gasteiger partial charge in [-0.2, -0.15) is 0 Å². The predicted octanol–water partition coefficient (Wildman–Crippen LogP) is 6.11. The van der Waals surface area contributed by atoms with E-state index in [1.807, 2.05) is 0 Å². The second-order valence-electron chi connectivity index (χ2n) is 4.96. The highest BCUT2D eigenvalue weighted by atomic mass is 32.9. The third-order valence-corrected chi connectivity index (χ3v) is 5.35. The standard InChI is InChI=1S/C14H31O2PS2/c1-3-5-7-9-10-12-14-16-17(18,19)15-13-11-8-6-4-2/h3-14H2,1-2H3,(H,18,19). The molecule has 0 aromatic rings. The molecule has 116 valence electrons. The van der Waals surface area contributed by atoms with Gasteiger partial charge in [0.05, 0.1) is 13.2 Å². The molecule has 0 aliphatic rings. The van der Waals surface area contributed by atoms with E-state index in [4.69, 9.17) is 20.9 Å². The van der Waals surface area contributed by atoms with E-state index in [2.05, 4.69) is 26.1 Å². The lowest BCUT2D eigenvalue weighted by molar-refractivity contribution is 0.250. The van der Waals surface area contributed by atoms with Crippen LogP contribution in [0.15, 0.2) is 0 Å². The van der Waals surface area contributed by atoms with Gasteiger partial charge in [0.1, 0.15) is 0 Å². The molecule has 2 nitrogen and oxygen atoms in total. The zero-order valence-corrected chi connectivity index (χ0v) is 15.2. The first-order valence-corrected chi connectivity index (χ1v) is 11.5. The van der Waals surface area contributed by atoms with Gasteiger partial charge in [0.2, 0.25) is 5.69 Å². The van der Waals surface area contributed by atoms with E-state index in [1.54, 1.807) is 0 Å². The normalized spacial score (nSPS) is 14.5. The van der Waals surface area contributed by atoms with Crippen molar-refractivity contribution in [1.29, 1.82) is 0 Å². The summed E-state index contributed by atoms with van der Waals surface area (Å²) in [6.45, 7) is 5.82. The molecule has 0 rings (SSSR count). The van der Waals surface area contributed by atoms with E-state index in [0.717, 1.165) is 12.8 Å². The Morgan fingerprint density at radius 3 is 1.58 bits per heavy atom. The molecule has 0 spiro atoms. The van der Waals surface area contributed by atoms with Gasteiger partial charge in [-0.15, -0.1) is 0 Å². The van der Waals surface area contributed by atoms with Crippen LogP contribution >= 0.6 is 17.9 Å². The minimum absolute atomic E-state index is 0.692. The highest BCUT2D eigenvalue weighted by Gasteiger charge is 2.12. The fourth-order valence-electron chi connectivity index (χ4n) is 1.81. The summed E-state index contributed by atoms with van der Waals surface area (Å²) < 4.78 is 11.2. The van der Waals surface area contributed by atoms with Crippen LogP contribution in [-0.2, 0) is 20.9 Å². The maximum atomic E-state index is 5.61.